The average Bonchev–Trinajstić information content (AvgIpc) is 3.54. The molecule has 2 aliphatic rings. The molecule has 34 heavy (non-hydrogen) atoms. The summed E-state index contributed by atoms with van der Waals surface area (Å²) < 4.78 is 56.1. The number of aryl methyl sites for hydroxylation is 1. The van der Waals surface area contributed by atoms with Crippen LogP contribution in [-0.2, 0) is 15.4 Å². The highest BCUT2D eigenvalue weighted by molar-refractivity contribution is 7.94. The van der Waals surface area contributed by atoms with Gasteiger partial charge in [0.25, 0.3) is 5.91 Å². The second kappa shape index (κ2) is 7.22. The number of pyridine rings is 1. The summed E-state index contributed by atoms with van der Waals surface area (Å²) in [7, 11) is -4.35. The number of alkyl halides is 1. The largest absolute Gasteiger partial charge is 0.386 e. The molecule has 1 spiro atoms. The minimum Gasteiger partial charge on any atom is -0.386 e. The number of halogens is 3. The van der Waals surface area contributed by atoms with Crippen LogP contribution in [0.15, 0.2) is 41.5 Å². The van der Waals surface area contributed by atoms with E-state index in [0.717, 1.165) is 6.07 Å². The Morgan fingerprint density at radius 2 is 2.00 bits per heavy atom. The van der Waals surface area contributed by atoms with Crippen LogP contribution in [0.1, 0.15) is 41.5 Å². The van der Waals surface area contributed by atoms with Gasteiger partial charge in [0.2, 0.25) is 5.50 Å². The lowest BCUT2D eigenvalue weighted by atomic mass is 9.92. The summed E-state index contributed by atoms with van der Waals surface area (Å²) in [5, 5.41) is 3.07. The van der Waals surface area contributed by atoms with Crippen molar-refractivity contribution in [2.45, 2.75) is 42.5 Å². The number of hydrogen-bond acceptors (Lipinski definition) is 6. The Balaban J connectivity index is 1.52. The fraction of sp³-hybridized carbons (Fsp3) is 0.318. The van der Waals surface area contributed by atoms with E-state index in [2.05, 4.69) is 15.3 Å². The van der Waals surface area contributed by atoms with Crippen LogP contribution >= 0.6 is 11.6 Å². The molecule has 8 nitrogen and oxygen atoms in total. The second-order valence-electron chi connectivity index (χ2n) is 8.77. The van der Waals surface area contributed by atoms with Crippen LogP contribution in [0.5, 0.6) is 0 Å². The molecule has 178 valence electrons. The molecule has 5 rings (SSSR count). The average molecular weight is 508 g/mol. The van der Waals surface area contributed by atoms with Crippen molar-refractivity contribution in [3.63, 3.8) is 0 Å². The molecule has 0 unspecified atom stereocenters. The summed E-state index contributed by atoms with van der Waals surface area (Å²) in [4.78, 5) is 21.3. The number of nitrogens with zero attached hydrogens (tertiary/aromatic N) is 3. The first-order chi connectivity index (χ1) is 15.9. The lowest BCUT2D eigenvalue weighted by molar-refractivity contribution is 0.102. The Labute approximate surface area is 198 Å². The van der Waals surface area contributed by atoms with E-state index in [1.807, 2.05) is 0 Å². The van der Waals surface area contributed by atoms with E-state index in [0.29, 0.717) is 16.4 Å². The number of amides is 1. The molecular weight excluding hydrogens is 488 g/mol. The third-order valence-electron chi connectivity index (χ3n) is 6.59. The van der Waals surface area contributed by atoms with E-state index in [9.17, 15) is 17.6 Å². The van der Waals surface area contributed by atoms with Gasteiger partial charge in [-0.3, -0.25) is 9.79 Å². The number of imidazole rings is 1. The van der Waals surface area contributed by atoms with Crippen molar-refractivity contribution in [1.29, 1.82) is 0 Å². The molecule has 0 radical (unpaired) electrons. The highest BCUT2D eigenvalue weighted by Gasteiger charge is 2.67. The number of hydrogen-bond donors (Lipinski definition) is 2. The summed E-state index contributed by atoms with van der Waals surface area (Å²) in [6.07, 6.45) is 1.99. The van der Waals surface area contributed by atoms with Gasteiger partial charge in [-0.1, -0.05) is 11.6 Å². The second-order valence-corrected chi connectivity index (χ2v) is 11.5. The summed E-state index contributed by atoms with van der Waals surface area (Å²) in [5.41, 5.74) is 2.24. The van der Waals surface area contributed by atoms with Crippen molar-refractivity contribution < 1.29 is 22.0 Å². The van der Waals surface area contributed by atoms with Gasteiger partial charge < -0.3 is 15.5 Å². The first-order valence-corrected chi connectivity index (χ1v) is 12.3. The molecule has 1 fully saturated rings. The first-order valence-electron chi connectivity index (χ1n) is 10.4. The molecule has 0 saturated heterocycles. The number of aliphatic imine (C=N–C) groups is 1. The maximum absolute atomic E-state index is 15.4. The minimum atomic E-state index is -4.35. The predicted molar refractivity (Wildman–Crippen MR) is 124 cm³/mol. The van der Waals surface area contributed by atoms with Crippen LogP contribution in [0.25, 0.3) is 5.65 Å². The third kappa shape index (κ3) is 3.06. The van der Waals surface area contributed by atoms with Gasteiger partial charge >= 0.3 is 0 Å². The SMILES string of the molecule is Cc1c(C(=O)Nc2ccc(F)c([C@@]3(C)N=C(N)C4(CC4)S(=O)(=O)[C@@H]3F)c2)nc2ccc(Cl)cn12. The maximum Gasteiger partial charge on any atom is 0.276 e. The molecular formula is C22H20ClF2N5O3S. The van der Waals surface area contributed by atoms with Gasteiger partial charge in [-0.2, -0.15) is 0 Å². The zero-order valence-electron chi connectivity index (χ0n) is 18.1. The van der Waals surface area contributed by atoms with Crippen LogP contribution in [-0.4, -0.2) is 39.8 Å². The molecule has 3 heterocycles. The van der Waals surface area contributed by atoms with E-state index in [4.69, 9.17) is 17.3 Å². The molecule has 0 bridgehead atoms. The van der Waals surface area contributed by atoms with Crippen LogP contribution in [0.2, 0.25) is 5.02 Å². The molecule has 2 atom stereocenters. The number of nitrogens with two attached hydrogens (primary N) is 1. The smallest absolute Gasteiger partial charge is 0.276 e. The van der Waals surface area contributed by atoms with Gasteiger partial charge in [0.15, 0.2) is 9.84 Å². The Kier molecular flexibility index (Phi) is 4.83. The van der Waals surface area contributed by atoms with E-state index in [-0.39, 0.29) is 35.6 Å². The molecule has 1 saturated carbocycles. The van der Waals surface area contributed by atoms with Crippen LogP contribution in [0, 0.1) is 12.7 Å². The Morgan fingerprint density at radius 3 is 2.68 bits per heavy atom. The van der Waals surface area contributed by atoms with E-state index in [1.54, 1.807) is 29.7 Å². The Hall–Kier alpha value is -3.05. The molecule has 3 aromatic rings. The number of amidine groups is 1. The Bertz CT molecular complexity index is 1520. The summed E-state index contributed by atoms with van der Waals surface area (Å²) >= 11 is 6.01. The van der Waals surface area contributed by atoms with Crippen molar-refractivity contribution >= 4 is 44.5 Å². The summed E-state index contributed by atoms with van der Waals surface area (Å²) in [6, 6.07) is 6.75. The van der Waals surface area contributed by atoms with Crippen molar-refractivity contribution in [2.24, 2.45) is 10.7 Å². The van der Waals surface area contributed by atoms with Crippen LogP contribution in [0.4, 0.5) is 14.5 Å². The lowest BCUT2D eigenvalue weighted by Gasteiger charge is -2.37. The van der Waals surface area contributed by atoms with Crippen molar-refractivity contribution in [2.75, 3.05) is 5.32 Å². The fourth-order valence-corrected chi connectivity index (χ4v) is 6.77. The lowest BCUT2D eigenvalue weighted by Crippen LogP contribution is -2.54. The standard InChI is InChI=1S/C22H20ClF2N5O3S/c1-11-17(28-16-6-3-12(23)10-30(11)16)18(31)27-13-4-5-15(24)14(9-13)21(2)19(25)34(32,33)22(7-8-22)20(26)29-21/h3-6,9-10,19H,7-8H2,1-2H3,(H2,26,29)(H,27,31)/t19-,21+/m0/s1. The van der Waals surface area contributed by atoms with E-state index >= 15 is 4.39 Å². The number of carbonyl (C=O) groups is 1. The van der Waals surface area contributed by atoms with E-state index < -0.39 is 37.4 Å². The Morgan fingerprint density at radius 1 is 1.29 bits per heavy atom. The molecule has 1 amide bonds. The number of rotatable bonds is 3. The molecule has 1 aliphatic carbocycles. The summed E-state index contributed by atoms with van der Waals surface area (Å²) in [6.45, 7) is 2.87. The van der Waals surface area contributed by atoms with E-state index in [1.165, 1.54) is 19.1 Å². The van der Waals surface area contributed by atoms with Gasteiger partial charge in [0.05, 0.1) is 10.7 Å². The third-order valence-corrected chi connectivity index (χ3v) is 9.52. The minimum absolute atomic E-state index is 0.112. The molecule has 1 aliphatic heterocycles. The molecule has 1 aromatic carbocycles. The number of fused-ring (bicyclic) bond motifs is 1. The quantitative estimate of drug-likeness (QED) is 0.562. The summed E-state index contributed by atoms with van der Waals surface area (Å²) in [5.74, 6) is -1.69. The van der Waals surface area contributed by atoms with Crippen molar-refractivity contribution in [3.05, 3.63) is 64.3 Å². The fourth-order valence-electron chi connectivity index (χ4n) is 4.42. The predicted octanol–water partition coefficient (Wildman–Crippen LogP) is 3.52. The highest BCUT2D eigenvalue weighted by Crippen LogP contribution is 2.54. The van der Waals surface area contributed by atoms with Crippen molar-refractivity contribution in [1.82, 2.24) is 9.38 Å². The van der Waals surface area contributed by atoms with Crippen LogP contribution < -0.4 is 11.1 Å². The number of aromatic nitrogens is 2. The monoisotopic (exact) mass is 507 g/mol. The molecule has 2 aromatic heterocycles. The zero-order chi connectivity index (χ0) is 24.6. The number of carbonyl (C=O) groups excluding carboxylic acids is 1. The number of anilines is 1. The highest BCUT2D eigenvalue weighted by atomic mass is 35.5. The van der Waals surface area contributed by atoms with Gasteiger partial charge in [0, 0.05) is 17.4 Å². The normalized spacial score (nSPS) is 24.7. The van der Waals surface area contributed by atoms with Gasteiger partial charge in [-0.05, 0) is 57.0 Å². The topological polar surface area (TPSA) is 119 Å². The molecule has 12 heteroatoms. The number of sulfone groups is 1. The molecule has 3 N–H and O–H groups in total. The maximum atomic E-state index is 15.4. The van der Waals surface area contributed by atoms with Crippen molar-refractivity contribution in [3.8, 4) is 0 Å². The van der Waals surface area contributed by atoms with Gasteiger partial charge in [-0.15, -0.1) is 0 Å². The van der Waals surface area contributed by atoms with Crippen LogP contribution in [0.3, 0.4) is 0 Å². The number of benzene rings is 1. The van der Waals surface area contributed by atoms with Gasteiger partial charge in [0.1, 0.15) is 33.3 Å². The van der Waals surface area contributed by atoms with Gasteiger partial charge in [-0.25, -0.2) is 22.2 Å². The number of nitrogens with one attached hydrogen (secondary N) is 1. The first kappa shape index (κ1) is 22.7. The zero-order valence-corrected chi connectivity index (χ0v) is 19.7.